The number of amides is 1. The fraction of sp³-hybridized carbons (Fsp3) is 0.133. The first-order valence-corrected chi connectivity index (χ1v) is 6.03. The van der Waals surface area contributed by atoms with Gasteiger partial charge in [0.2, 0.25) is 0 Å². The molecule has 4 nitrogen and oxygen atoms in total. The van der Waals surface area contributed by atoms with Gasteiger partial charge in [0, 0.05) is 6.07 Å². The molecule has 0 radical (unpaired) electrons. The highest BCUT2D eigenvalue weighted by Gasteiger charge is 2.19. The maximum atomic E-state index is 12.1. The Balaban J connectivity index is 2.43. The maximum absolute atomic E-state index is 12.1. The van der Waals surface area contributed by atoms with Crippen LogP contribution in [-0.2, 0) is 4.74 Å². The molecule has 0 aliphatic carbocycles. The van der Waals surface area contributed by atoms with Crippen LogP contribution in [0.5, 0.6) is 5.75 Å². The molecule has 4 heteroatoms. The Morgan fingerprint density at radius 1 is 1.11 bits per heavy atom. The first-order valence-electron chi connectivity index (χ1n) is 6.03. The molecule has 19 heavy (non-hydrogen) atoms. The van der Waals surface area contributed by atoms with Gasteiger partial charge in [0.15, 0.2) is 0 Å². The number of para-hydroxylation sites is 1. The van der Waals surface area contributed by atoms with Gasteiger partial charge >= 0.3 is 6.09 Å². The van der Waals surface area contributed by atoms with Crippen molar-refractivity contribution >= 4 is 17.5 Å². The molecule has 0 bridgehead atoms. The van der Waals surface area contributed by atoms with Crippen LogP contribution in [0.4, 0.5) is 16.2 Å². The summed E-state index contributed by atoms with van der Waals surface area (Å²) in [5.74, 6) is 0.0997. The van der Waals surface area contributed by atoms with Gasteiger partial charge in [-0.05, 0) is 31.2 Å². The molecule has 0 unspecified atom stereocenters. The van der Waals surface area contributed by atoms with Crippen LogP contribution >= 0.6 is 0 Å². The van der Waals surface area contributed by atoms with E-state index in [1.54, 1.807) is 37.3 Å². The minimum Gasteiger partial charge on any atom is -0.508 e. The summed E-state index contributed by atoms with van der Waals surface area (Å²) >= 11 is 0. The Kier molecular flexibility index (Phi) is 4.03. The zero-order chi connectivity index (χ0) is 13.7. The van der Waals surface area contributed by atoms with E-state index >= 15 is 0 Å². The summed E-state index contributed by atoms with van der Waals surface area (Å²) in [5.41, 5.74) is 1.25. The first-order chi connectivity index (χ1) is 9.22. The molecule has 0 atom stereocenters. The van der Waals surface area contributed by atoms with Crippen molar-refractivity contribution in [2.45, 2.75) is 6.92 Å². The molecule has 2 aromatic rings. The Morgan fingerprint density at radius 2 is 1.79 bits per heavy atom. The van der Waals surface area contributed by atoms with Crippen LogP contribution < -0.4 is 4.90 Å². The lowest BCUT2D eigenvalue weighted by Gasteiger charge is -2.22. The molecule has 0 aliphatic rings. The number of rotatable bonds is 3. The number of anilines is 2. The van der Waals surface area contributed by atoms with Gasteiger partial charge < -0.3 is 9.84 Å². The molecule has 0 saturated carbocycles. The van der Waals surface area contributed by atoms with Gasteiger partial charge in [-0.1, -0.05) is 24.3 Å². The third kappa shape index (κ3) is 3.04. The molecule has 0 spiro atoms. The van der Waals surface area contributed by atoms with E-state index in [1.165, 1.54) is 11.0 Å². The van der Waals surface area contributed by atoms with Crippen molar-refractivity contribution in [3.63, 3.8) is 0 Å². The van der Waals surface area contributed by atoms with Crippen molar-refractivity contribution in [3.05, 3.63) is 54.6 Å². The van der Waals surface area contributed by atoms with Crippen LogP contribution in [0.15, 0.2) is 54.6 Å². The quantitative estimate of drug-likeness (QED) is 0.912. The second kappa shape index (κ2) is 5.91. The fourth-order valence-corrected chi connectivity index (χ4v) is 1.76. The number of nitrogens with zero attached hydrogens (tertiary/aromatic N) is 1. The van der Waals surface area contributed by atoms with E-state index in [1.807, 2.05) is 18.2 Å². The Labute approximate surface area is 111 Å². The summed E-state index contributed by atoms with van der Waals surface area (Å²) in [5, 5.41) is 9.54. The van der Waals surface area contributed by atoms with E-state index in [2.05, 4.69) is 0 Å². The van der Waals surface area contributed by atoms with E-state index in [9.17, 15) is 9.90 Å². The van der Waals surface area contributed by atoms with Gasteiger partial charge in [-0.2, -0.15) is 0 Å². The van der Waals surface area contributed by atoms with Crippen molar-refractivity contribution in [2.24, 2.45) is 0 Å². The number of phenolic OH excluding ortho intramolecular Hbond substituents is 1. The molecule has 1 N–H and O–H groups in total. The summed E-state index contributed by atoms with van der Waals surface area (Å²) in [6.45, 7) is 2.05. The van der Waals surface area contributed by atoms with Crippen LogP contribution in [0.3, 0.4) is 0 Å². The molecular formula is C15H15NO3. The van der Waals surface area contributed by atoms with Crippen LogP contribution in [0.2, 0.25) is 0 Å². The van der Waals surface area contributed by atoms with Gasteiger partial charge in [0.25, 0.3) is 0 Å². The SMILES string of the molecule is CCOC(=O)N(c1ccccc1)c1cccc(O)c1. The van der Waals surface area contributed by atoms with Crippen LogP contribution in [0.1, 0.15) is 6.92 Å². The lowest BCUT2D eigenvalue weighted by atomic mass is 10.2. The summed E-state index contributed by atoms with van der Waals surface area (Å²) in [7, 11) is 0. The molecule has 2 rings (SSSR count). The van der Waals surface area contributed by atoms with E-state index in [-0.39, 0.29) is 5.75 Å². The number of phenols is 1. The number of aromatic hydroxyl groups is 1. The number of carbonyl (C=O) groups is 1. The predicted molar refractivity (Wildman–Crippen MR) is 73.7 cm³/mol. The minimum absolute atomic E-state index is 0.0997. The molecule has 2 aromatic carbocycles. The third-order valence-corrected chi connectivity index (χ3v) is 2.55. The molecule has 1 amide bonds. The van der Waals surface area contributed by atoms with Gasteiger partial charge in [-0.25, -0.2) is 9.69 Å². The van der Waals surface area contributed by atoms with Gasteiger partial charge in [-0.3, -0.25) is 0 Å². The van der Waals surface area contributed by atoms with Crippen LogP contribution in [0.25, 0.3) is 0 Å². The second-order valence-electron chi connectivity index (χ2n) is 3.89. The van der Waals surface area contributed by atoms with Crippen LogP contribution in [0, 0.1) is 0 Å². The van der Waals surface area contributed by atoms with Gasteiger partial charge in [-0.15, -0.1) is 0 Å². The largest absolute Gasteiger partial charge is 0.508 e. The average molecular weight is 257 g/mol. The number of carbonyl (C=O) groups excluding carboxylic acids is 1. The van der Waals surface area contributed by atoms with Crippen molar-refractivity contribution in [3.8, 4) is 5.75 Å². The highest BCUT2D eigenvalue weighted by molar-refractivity contribution is 5.96. The average Bonchev–Trinajstić information content (AvgIpc) is 2.40. The summed E-state index contributed by atoms with van der Waals surface area (Å²) in [4.78, 5) is 13.5. The molecule has 0 heterocycles. The topological polar surface area (TPSA) is 49.8 Å². The van der Waals surface area contributed by atoms with Crippen molar-refractivity contribution in [1.82, 2.24) is 0 Å². The molecule has 0 aliphatic heterocycles. The molecular weight excluding hydrogens is 242 g/mol. The van der Waals surface area contributed by atoms with E-state index in [0.717, 1.165) is 0 Å². The van der Waals surface area contributed by atoms with E-state index < -0.39 is 6.09 Å². The van der Waals surface area contributed by atoms with Crippen molar-refractivity contribution in [2.75, 3.05) is 11.5 Å². The van der Waals surface area contributed by atoms with Crippen molar-refractivity contribution in [1.29, 1.82) is 0 Å². The first kappa shape index (κ1) is 13.0. The lowest BCUT2D eigenvalue weighted by molar-refractivity contribution is 0.162. The predicted octanol–water partition coefficient (Wildman–Crippen LogP) is 3.69. The van der Waals surface area contributed by atoms with Gasteiger partial charge in [0.1, 0.15) is 5.75 Å². The number of benzene rings is 2. The van der Waals surface area contributed by atoms with Crippen LogP contribution in [-0.4, -0.2) is 17.8 Å². The molecule has 98 valence electrons. The number of ether oxygens (including phenoxy) is 1. The maximum Gasteiger partial charge on any atom is 0.418 e. The molecule has 0 aromatic heterocycles. The second-order valence-corrected chi connectivity index (χ2v) is 3.89. The van der Waals surface area contributed by atoms with Crippen molar-refractivity contribution < 1.29 is 14.6 Å². The Hall–Kier alpha value is -2.49. The Bertz CT molecular complexity index is 554. The van der Waals surface area contributed by atoms with E-state index in [4.69, 9.17) is 4.74 Å². The molecule has 0 fully saturated rings. The number of hydrogen-bond donors (Lipinski definition) is 1. The highest BCUT2D eigenvalue weighted by Crippen LogP contribution is 2.28. The standard InChI is InChI=1S/C15H15NO3/c1-2-19-15(18)16(12-7-4-3-5-8-12)13-9-6-10-14(17)11-13/h3-11,17H,2H2,1H3. The third-order valence-electron chi connectivity index (χ3n) is 2.55. The smallest absolute Gasteiger partial charge is 0.418 e. The zero-order valence-corrected chi connectivity index (χ0v) is 10.6. The monoisotopic (exact) mass is 257 g/mol. The summed E-state index contributed by atoms with van der Waals surface area (Å²) in [6, 6.07) is 15.6. The number of hydrogen-bond acceptors (Lipinski definition) is 3. The summed E-state index contributed by atoms with van der Waals surface area (Å²) < 4.78 is 5.06. The molecule has 0 saturated heterocycles. The highest BCUT2D eigenvalue weighted by atomic mass is 16.6. The zero-order valence-electron chi connectivity index (χ0n) is 10.6. The summed E-state index contributed by atoms with van der Waals surface area (Å²) in [6.07, 6.45) is -0.473. The lowest BCUT2D eigenvalue weighted by Crippen LogP contribution is -2.26. The van der Waals surface area contributed by atoms with E-state index in [0.29, 0.717) is 18.0 Å². The Morgan fingerprint density at radius 3 is 2.42 bits per heavy atom. The minimum atomic E-state index is -0.473. The fourth-order valence-electron chi connectivity index (χ4n) is 1.76. The normalized spacial score (nSPS) is 9.95. The van der Waals surface area contributed by atoms with Gasteiger partial charge in [0.05, 0.1) is 18.0 Å².